The topological polar surface area (TPSA) is 37.4 Å². The van der Waals surface area contributed by atoms with E-state index in [4.69, 9.17) is 6.42 Å². The first-order valence-corrected chi connectivity index (χ1v) is 16.2. The Morgan fingerprint density at radius 2 is 0.550 bits per heavy atom. The zero-order valence-corrected chi connectivity index (χ0v) is 32.4. The van der Waals surface area contributed by atoms with E-state index in [0.717, 1.165) is 6.42 Å². The molecule has 0 saturated carbocycles. The molecule has 0 aromatic carbocycles. The summed E-state index contributed by atoms with van der Waals surface area (Å²) in [5.41, 5.74) is 0.156. The first-order chi connectivity index (χ1) is 29.3. The molecule has 0 fully saturated rings. The van der Waals surface area contributed by atoms with Gasteiger partial charge in [-0.2, -0.15) is 0 Å². The molecule has 0 N–H and O–H groups in total. The van der Waals surface area contributed by atoms with Gasteiger partial charge in [-0.3, -0.25) is 14.5 Å². The van der Waals surface area contributed by atoms with E-state index in [9.17, 15) is 9.59 Å². The second kappa shape index (κ2) is 37.5. The molecule has 0 aromatic rings. The Morgan fingerprint density at radius 3 is 0.717 bits per heavy atom. The summed E-state index contributed by atoms with van der Waals surface area (Å²) < 4.78 is 0. The molecule has 1 heterocycles. The largest absolute Gasteiger partial charge is 0.275 e. The third-order valence-corrected chi connectivity index (χ3v) is 4.81. The van der Waals surface area contributed by atoms with Crippen LogP contribution in [0.2, 0.25) is 0 Å². The Balaban J connectivity index is 0.00000225. The summed E-state index contributed by atoms with van der Waals surface area (Å²) >= 11 is 0. The lowest BCUT2D eigenvalue weighted by Crippen LogP contribution is -2.32. The van der Waals surface area contributed by atoms with Crippen LogP contribution >= 0.6 is 0 Å². The second-order valence-electron chi connectivity index (χ2n) is 10.2. The Kier molecular flexibility index (Phi) is 30.5. The number of nitrogens with zero attached hydrogens (tertiary/aromatic N) is 1. The normalized spacial score (nSPS) is 6.82. The molecule has 264 valence electrons. The van der Waals surface area contributed by atoms with Gasteiger partial charge in [-0.25, -0.2) is 0 Å². The van der Waals surface area contributed by atoms with E-state index >= 15 is 0 Å². The average Bonchev–Trinajstić information content (AvgIpc) is 3.56. The van der Waals surface area contributed by atoms with Gasteiger partial charge in [-0.1, -0.05) is 26.7 Å². The Hall–Kier alpha value is -11.2. The van der Waals surface area contributed by atoms with Crippen molar-refractivity contribution in [2.75, 3.05) is 6.54 Å². The fourth-order valence-electron chi connectivity index (χ4n) is 2.48. The molecule has 1 aliphatic rings. The van der Waals surface area contributed by atoms with Crippen LogP contribution in [0.3, 0.4) is 0 Å². The van der Waals surface area contributed by atoms with Crippen molar-refractivity contribution in [2.45, 2.75) is 34.1 Å². The lowest BCUT2D eigenvalue weighted by molar-refractivity contribution is -0.137. The number of hydrogen-bond donors (Lipinski definition) is 0. The van der Waals surface area contributed by atoms with E-state index in [1.807, 2.05) is 0 Å². The maximum atomic E-state index is 11.1. The average molecular weight is 750 g/mol. The van der Waals surface area contributed by atoms with E-state index in [1.165, 1.54) is 17.1 Å². The fraction of sp³-hybridized carbons (Fsp3) is 0.123. The molecule has 0 aliphatic carbocycles. The van der Waals surface area contributed by atoms with Crippen LogP contribution in [-0.2, 0) is 9.59 Å². The van der Waals surface area contributed by atoms with Crippen molar-refractivity contribution in [2.24, 2.45) is 5.41 Å². The second-order valence-corrected chi connectivity index (χ2v) is 10.2. The van der Waals surface area contributed by atoms with Crippen molar-refractivity contribution < 1.29 is 9.59 Å². The highest BCUT2D eigenvalue weighted by atomic mass is 16.2. The maximum Gasteiger partial charge on any atom is 0.253 e. The van der Waals surface area contributed by atoms with Crippen molar-refractivity contribution in [1.82, 2.24) is 4.90 Å². The molecule has 0 spiro atoms. The van der Waals surface area contributed by atoms with Crippen LogP contribution in [0.5, 0.6) is 0 Å². The van der Waals surface area contributed by atoms with Gasteiger partial charge >= 0.3 is 0 Å². The summed E-state index contributed by atoms with van der Waals surface area (Å²) in [7, 11) is 0. The van der Waals surface area contributed by atoms with E-state index in [2.05, 4.69) is 287 Å². The fourth-order valence-corrected chi connectivity index (χ4v) is 2.48. The molecule has 1 rings (SSSR count). The molecule has 0 aromatic heterocycles. The van der Waals surface area contributed by atoms with E-state index in [-0.39, 0.29) is 17.2 Å². The van der Waals surface area contributed by atoms with Crippen LogP contribution in [0, 0.1) is 278 Å². The molecule has 1 aliphatic heterocycles. The Labute approximate surface area is 356 Å². The van der Waals surface area contributed by atoms with Gasteiger partial charge in [0.25, 0.3) is 11.8 Å². The first-order valence-electron chi connectivity index (χ1n) is 16.2. The minimum Gasteiger partial charge on any atom is -0.275 e. The highest BCUT2D eigenvalue weighted by Crippen LogP contribution is 2.19. The smallest absolute Gasteiger partial charge is 0.253 e. The molecule has 0 bridgehead atoms. The molecular formula is C57H19NO2. The maximum absolute atomic E-state index is 11.1. The number of carbonyl (C=O) groups is 2. The quantitative estimate of drug-likeness (QED) is 0.321. The SMILES string of the molecule is C#CC#CC#CC#CC#CC#CC#CC#CC#CC#CC#CC#CC#CC#CC#CC#CC#CC#CC#CC#CC#CC#CC#CC.CC(C)(C)CCN1C(=O)C=CC1=O. The van der Waals surface area contributed by atoms with Crippen LogP contribution in [0.4, 0.5) is 0 Å². The number of carbonyl (C=O) groups excluding carboxylic acids is 2. The number of terminal acetylenes is 1. The number of imide groups is 1. The number of hydrogen-bond acceptors (Lipinski definition) is 2. The summed E-state index contributed by atoms with van der Waals surface area (Å²) in [4.78, 5) is 23.5. The van der Waals surface area contributed by atoms with E-state index in [0.29, 0.717) is 6.54 Å². The molecule has 3 nitrogen and oxygen atoms in total. The van der Waals surface area contributed by atoms with Crippen molar-refractivity contribution in [3.63, 3.8) is 0 Å². The zero-order chi connectivity index (χ0) is 43.9. The third-order valence-electron chi connectivity index (χ3n) is 4.81. The van der Waals surface area contributed by atoms with Crippen LogP contribution in [0.1, 0.15) is 34.1 Å². The van der Waals surface area contributed by atoms with Gasteiger partial charge in [0, 0.05) is 184 Å². The van der Waals surface area contributed by atoms with Crippen LogP contribution in [0.25, 0.3) is 0 Å². The van der Waals surface area contributed by atoms with Crippen LogP contribution in [-0.4, -0.2) is 23.3 Å². The summed E-state index contributed by atoms with van der Waals surface area (Å²) in [6.07, 6.45) is 8.42. The van der Waals surface area contributed by atoms with Crippen LogP contribution < -0.4 is 0 Å². The highest BCUT2D eigenvalue weighted by Gasteiger charge is 2.24. The van der Waals surface area contributed by atoms with Crippen molar-refractivity contribution in [1.29, 1.82) is 0 Å². The summed E-state index contributed by atoms with van der Waals surface area (Å²) in [6.45, 7) is 8.48. The lowest BCUT2D eigenvalue weighted by atomic mass is 9.92. The highest BCUT2D eigenvalue weighted by molar-refractivity contribution is 6.12. The van der Waals surface area contributed by atoms with Gasteiger partial charge in [0.2, 0.25) is 0 Å². The molecule has 60 heavy (non-hydrogen) atoms. The molecule has 2 amide bonds. The van der Waals surface area contributed by atoms with Gasteiger partial charge < -0.3 is 0 Å². The lowest BCUT2D eigenvalue weighted by Gasteiger charge is -2.21. The summed E-state index contributed by atoms with van der Waals surface area (Å²) in [6, 6.07) is 0. The van der Waals surface area contributed by atoms with Gasteiger partial charge in [0.15, 0.2) is 0 Å². The van der Waals surface area contributed by atoms with Crippen molar-refractivity contribution in [3.8, 4) is 273 Å². The number of amides is 2. The van der Waals surface area contributed by atoms with Crippen LogP contribution in [0.15, 0.2) is 12.2 Å². The summed E-state index contributed by atoms with van der Waals surface area (Å²) in [5, 5.41) is 0. The number of rotatable bonds is 2. The molecule has 0 atom stereocenters. The van der Waals surface area contributed by atoms with Gasteiger partial charge in [0.05, 0.1) is 0 Å². The molecule has 3 heteroatoms. The first kappa shape index (κ1) is 48.8. The van der Waals surface area contributed by atoms with Crippen molar-refractivity contribution in [3.05, 3.63) is 12.2 Å². The van der Waals surface area contributed by atoms with E-state index in [1.54, 1.807) is 6.92 Å². The minimum atomic E-state index is -0.186. The molecular weight excluding hydrogens is 731 g/mol. The molecule has 0 radical (unpaired) electrons. The Morgan fingerprint density at radius 1 is 0.367 bits per heavy atom. The van der Waals surface area contributed by atoms with Gasteiger partial charge in [0.1, 0.15) is 0 Å². The predicted molar refractivity (Wildman–Crippen MR) is 236 cm³/mol. The van der Waals surface area contributed by atoms with Crippen molar-refractivity contribution >= 4 is 11.8 Å². The summed E-state index contributed by atoms with van der Waals surface area (Å²) in [5.74, 6) is 112. The standard InChI is InChI=1S/C47H4.C10H15NO2/c1-3-5-7-9-11-13-15-17-19-21-23-25-27-29-31-33-35-37-39-41-43-45-47-46-44-42-40-38-36-34-32-30-28-26-24-22-20-18-16-14-12-10-8-6-4-2;1-10(2,3)6-7-11-8(12)4-5-9(11)13/h1H,2H3;4-5H,6-7H2,1-3H3. The monoisotopic (exact) mass is 749 g/mol. The zero-order valence-electron chi connectivity index (χ0n) is 32.4. The predicted octanol–water partition coefficient (Wildman–Crippen LogP) is 2.06. The van der Waals surface area contributed by atoms with Gasteiger partial charge in [-0.15, -0.1) is 6.42 Å². The van der Waals surface area contributed by atoms with E-state index < -0.39 is 0 Å². The molecule has 0 unspecified atom stereocenters. The minimum absolute atomic E-state index is 0.156. The third kappa shape index (κ3) is 36.5. The Bertz CT molecular complexity index is 3300. The van der Waals surface area contributed by atoms with Gasteiger partial charge in [-0.05, 0) is 113 Å². The molecule has 0 saturated heterocycles.